The van der Waals surface area contributed by atoms with Gasteiger partial charge in [0, 0.05) is 13.8 Å². The van der Waals surface area contributed by atoms with Crippen LogP contribution in [-0.4, -0.2) is 41.1 Å². The molecule has 1 fully saturated rings. The molecule has 0 bridgehead atoms. The van der Waals surface area contributed by atoms with Crippen LogP contribution in [0.15, 0.2) is 0 Å². The molecule has 0 spiro atoms. The van der Waals surface area contributed by atoms with Gasteiger partial charge in [-0.1, -0.05) is 0 Å². The predicted molar refractivity (Wildman–Crippen MR) is 59.5 cm³/mol. The summed E-state index contributed by atoms with van der Waals surface area (Å²) in [5.74, 6) is -5.60. The van der Waals surface area contributed by atoms with Crippen LogP contribution in [0, 0.1) is 11.8 Å². The summed E-state index contributed by atoms with van der Waals surface area (Å²) in [6.45, 7) is 2.21. The molecule has 1 amide bonds. The average Bonchev–Trinajstić information content (AvgIpc) is 2.56. The smallest absolute Gasteiger partial charge is 0.310 e. The van der Waals surface area contributed by atoms with Gasteiger partial charge in [-0.2, -0.15) is 0 Å². The van der Waals surface area contributed by atoms with Crippen LogP contribution in [0.3, 0.4) is 0 Å². The number of carbonyl (C=O) groups excluding carboxylic acids is 3. The summed E-state index contributed by atoms with van der Waals surface area (Å²) in [7, 11) is 0. The minimum Gasteiger partial charge on any atom is -0.481 e. The first-order valence-corrected chi connectivity index (χ1v) is 5.60. The van der Waals surface area contributed by atoms with Crippen molar-refractivity contribution in [3.05, 3.63) is 0 Å². The Morgan fingerprint density at radius 1 is 1.00 bits per heavy atom. The van der Waals surface area contributed by atoms with E-state index in [9.17, 15) is 19.2 Å². The van der Waals surface area contributed by atoms with Crippen molar-refractivity contribution in [2.24, 2.45) is 17.6 Å². The molecular weight excluding hydrogens is 258 g/mol. The first-order valence-electron chi connectivity index (χ1n) is 5.60. The maximum Gasteiger partial charge on any atom is 0.310 e. The van der Waals surface area contributed by atoms with Crippen LogP contribution in [0.4, 0.5) is 0 Å². The quantitative estimate of drug-likeness (QED) is 0.631. The van der Waals surface area contributed by atoms with Gasteiger partial charge in [-0.3, -0.25) is 19.2 Å². The Bertz CT molecular complexity index is 381. The maximum absolute atomic E-state index is 11.3. The van der Waals surface area contributed by atoms with Gasteiger partial charge in [0.15, 0.2) is 12.2 Å². The van der Waals surface area contributed by atoms with Gasteiger partial charge in [0.1, 0.15) is 0 Å². The monoisotopic (exact) mass is 273 g/mol. The zero-order valence-corrected chi connectivity index (χ0v) is 10.5. The Hall–Kier alpha value is -2.12. The highest BCUT2D eigenvalue weighted by Gasteiger charge is 2.53. The highest BCUT2D eigenvalue weighted by Crippen LogP contribution is 2.36. The van der Waals surface area contributed by atoms with Crippen molar-refractivity contribution in [1.29, 1.82) is 0 Å². The average molecular weight is 273 g/mol. The fourth-order valence-electron chi connectivity index (χ4n) is 2.20. The number of primary amides is 1. The summed E-state index contributed by atoms with van der Waals surface area (Å²) >= 11 is 0. The van der Waals surface area contributed by atoms with Gasteiger partial charge in [0.25, 0.3) is 0 Å². The first kappa shape index (κ1) is 14.9. The molecule has 1 aliphatic rings. The number of nitrogens with two attached hydrogens (primary N) is 1. The van der Waals surface area contributed by atoms with Crippen LogP contribution in [-0.2, 0) is 28.7 Å². The summed E-state index contributed by atoms with van der Waals surface area (Å²) in [5.41, 5.74) is 5.16. The molecule has 1 rings (SSSR count). The largest absolute Gasteiger partial charge is 0.481 e. The molecule has 0 aromatic carbocycles. The van der Waals surface area contributed by atoms with Gasteiger partial charge >= 0.3 is 17.9 Å². The van der Waals surface area contributed by atoms with E-state index in [0.717, 1.165) is 13.8 Å². The molecule has 1 aliphatic carbocycles. The van der Waals surface area contributed by atoms with Gasteiger partial charge in [0.05, 0.1) is 11.8 Å². The Balaban J connectivity index is 3.06. The highest BCUT2D eigenvalue weighted by molar-refractivity contribution is 5.82. The second-order valence-corrected chi connectivity index (χ2v) is 4.34. The highest BCUT2D eigenvalue weighted by atomic mass is 16.6. The number of aliphatic carboxylic acids is 1. The molecule has 0 radical (unpaired) electrons. The Labute approximate surface area is 108 Å². The van der Waals surface area contributed by atoms with Crippen molar-refractivity contribution >= 4 is 23.8 Å². The lowest BCUT2D eigenvalue weighted by molar-refractivity contribution is -0.171. The minimum atomic E-state index is -1.24. The van der Waals surface area contributed by atoms with Crippen molar-refractivity contribution in [3.63, 3.8) is 0 Å². The van der Waals surface area contributed by atoms with Crippen molar-refractivity contribution in [2.45, 2.75) is 32.5 Å². The predicted octanol–water partition coefficient (Wildman–Crippen LogP) is -0.944. The van der Waals surface area contributed by atoms with Crippen LogP contribution >= 0.6 is 0 Å². The Morgan fingerprint density at radius 2 is 1.42 bits per heavy atom. The summed E-state index contributed by atoms with van der Waals surface area (Å²) in [6.07, 6.45) is -2.52. The molecule has 19 heavy (non-hydrogen) atoms. The lowest BCUT2D eigenvalue weighted by Gasteiger charge is -2.23. The summed E-state index contributed by atoms with van der Waals surface area (Å²) in [6, 6.07) is 0. The molecule has 0 aliphatic heterocycles. The van der Waals surface area contributed by atoms with Crippen molar-refractivity contribution < 1.29 is 33.8 Å². The Morgan fingerprint density at radius 3 is 1.74 bits per heavy atom. The van der Waals surface area contributed by atoms with Crippen molar-refractivity contribution in [1.82, 2.24) is 0 Å². The molecule has 3 N–H and O–H groups in total. The number of carbonyl (C=O) groups is 4. The number of carboxylic acid groups (broad SMARTS) is 1. The number of esters is 2. The third-order valence-corrected chi connectivity index (χ3v) is 2.91. The topological polar surface area (TPSA) is 133 Å². The van der Waals surface area contributed by atoms with Crippen LogP contribution in [0.5, 0.6) is 0 Å². The molecule has 106 valence electrons. The zero-order valence-electron chi connectivity index (χ0n) is 10.5. The van der Waals surface area contributed by atoms with Crippen LogP contribution < -0.4 is 5.73 Å². The van der Waals surface area contributed by atoms with Crippen LogP contribution in [0.25, 0.3) is 0 Å². The number of hydrogen-bond acceptors (Lipinski definition) is 6. The number of hydrogen-bond donors (Lipinski definition) is 2. The molecule has 0 aromatic heterocycles. The fraction of sp³-hybridized carbons (Fsp3) is 0.636. The number of ether oxygens (including phenoxy) is 2. The molecule has 8 heteroatoms. The van der Waals surface area contributed by atoms with E-state index < -0.39 is 47.9 Å². The fourth-order valence-corrected chi connectivity index (χ4v) is 2.20. The molecule has 4 unspecified atom stereocenters. The molecule has 1 saturated carbocycles. The van der Waals surface area contributed by atoms with E-state index in [0.29, 0.717) is 0 Å². The Kier molecular flexibility index (Phi) is 4.47. The van der Waals surface area contributed by atoms with Gasteiger partial charge in [-0.05, 0) is 6.42 Å². The molecule has 8 nitrogen and oxygen atoms in total. The second-order valence-electron chi connectivity index (χ2n) is 4.34. The molecule has 4 atom stereocenters. The van der Waals surface area contributed by atoms with Gasteiger partial charge < -0.3 is 20.3 Å². The molecule has 0 aromatic rings. The lowest BCUT2D eigenvalue weighted by atomic mass is 10.0. The standard InChI is InChI=1S/C11H15NO7/c1-4(13)18-8-6(10(12)15)3-7(11(16)17)9(8)19-5(2)14/h6-9H,3H2,1-2H3,(H2,12,15)(H,16,17). The summed E-state index contributed by atoms with van der Waals surface area (Å²) in [4.78, 5) is 44.4. The van der Waals surface area contributed by atoms with Gasteiger partial charge in [-0.25, -0.2) is 0 Å². The normalized spacial score (nSPS) is 29.6. The molecular formula is C11H15NO7. The lowest BCUT2D eigenvalue weighted by Crippen LogP contribution is -2.41. The van der Waals surface area contributed by atoms with E-state index >= 15 is 0 Å². The molecule has 0 heterocycles. The van der Waals surface area contributed by atoms with Crippen molar-refractivity contribution in [3.8, 4) is 0 Å². The maximum atomic E-state index is 11.3. The second kappa shape index (κ2) is 5.68. The van der Waals surface area contributed by atoms with Crippen LogP contribution in [0.2, 0.25) is 0 Å². The SMILES string of the molecule is CC(=O)OC1C(C(N)=O)CC(C(=O)O)C1OC(C)=O. The van der Waals surface area contributed by atoms with E-state index in [1.54, 1.807) is 0 Å². The van der Waals surface area contributed by atoms with E-state index in [1.165, 1.54) is 0 Å². The van der Waals surface area contributed by atoms with Crippen LogP contribution in [0.1, 0.15) is 20.3 Å². The van der Waals surface area contributed by atoms with Crippen molar-refractivity contribution in [2.75, 3.05) is 0 Å². The summed E-state index contributed by atoms with van der Waals surface area (Å²) in [5, 5.41) is 9.06. The minimum absolute atomic E-state index is 0.138. The first-order chi connectivity index (χ1) is 8.73. The summed E-state index contributed by atoms with van der Waals surface area (Å²) < 4.78 is 9.77. The zero-order chi connectivity index (χ0) is 14.7. The van der Waals surface area contributed by atoms with E-state index in [4.69, 9.17) is 20.3 Å². The van der Waals surface area contributed by atoms with E-state index in [1.807, 2.05) is 0 Å². The number of amides is 1. The third-order valence-electron chi connectivity index (χ3n) is 2.91. The number of rotatable bonds is 4. The number of carboxylic acids is 1. The van der Waals surface area contributed by atoms with E-state index in [-0.39, 0.29) is 6.42 Å². The van der Waals surface area contributed by atoms with E-state index in [2.05, 4.69) is 0 Å². The van der Waals surface area contributed by atoms with Gasteiger partial charge in [0.2, 0.25) is 5.91 Å². The third kappa shape index (κ3) is 3.43. The van der Waals surface area contributed by atoms with Gasteiger partial charge in [-0.15, -0.1) is 0 Å². The molecule has 0 saturated heterocycles.